The topological polar surface area (TPSA) is 32.8 Å². The SMILES string of the molecule is Cc1cccc(C)c1C(=O)N1C[C@H]2COC[C@@H]1CN(C)C2. The van der Waals surface area contributed by atoms with E-state index in [1.54, 1.807) is 0 Å². The molecule has 2 aliphatic heterocycles. The highest BCUT2D eigenvalue weighted by molar-refractivity contribution is 5.97. The Morgan fingerprint density at radius 3 is 2.57 bits per heavy atom. The third-order valence-corrected chi connectivity index (χ3v) is 4.61. The summed E-state index contributed by atoms with van der Waals surface area (Å²) in [4.78, 5) is 17.5. The van der Waals surface area contributed by atoms with Gasteiger partial charge in [-0.15, -0.1) is 0 Å². The van der Waals surface area contributed by atoms with Crippen molar-refractivity contribution in [2.24, 2.45) is 5.92 Å². The van der Waals surface area contributed by atoms with Gasteiger partial charge in [0, 0.05) is 31.1 Å². The average molecular weight is 288 g/mol. The van der Waals surface area contributed by atoms with Gasteiger partial charge in [0.25, 0.3) is 5.91 Å². The number of benzene rings is 1. The van der Waals surface area contributed by atoms with Crippen LogP contribution in [-0.4, -0.2) is 61.6 Å². The summed E-state index contributed by atoms with van der Waals surface area (Å²) in [5.74, 6) is 0.581. The molecular formula is C17H24N2O2. The molecule has 0 unspecified atom stereocenters. The summed E-state index contributed by atoms with van der Waals surface area (Å²) in [7, 11) is 2.14. The van der Waals surface area contributed by atoms with Crippen molar-refractivity contribution in [3.8, 4) is 0 Å². The number of aryl methyl sites for hydroxylation is 2. The molecule has 2 atom stereocenters. The molecule has 1 aromatic carbocycles. The second-order valence-corrected chi connectivity index (χ2v) is 6.50. The third kappa shape index (κ3) is 2.83. The number of hydrogen-bond donors (Lipinski definition) is 0. The van der Waals surface area contributed by atoms with Crippen molar-refractivity contribution < 1.29 is 9.53 Å². The van der Waals surface area contributed by atoms with Gasteiger partial charge in [0.15, 0.2) is 0 Å². The zero-order valence-electron chi connectivity index (χ0n) is 13.1. The van der Waals surface area contributed by atoms with Crippen molar-refractivity contribution in [1.82, 2.24) is 9.80 Å². The lowest BCUT2D eigenvalue weighted by Gasteiger charge is -2.30. The van der Waals surface area contributed by atoms with E-state index < -0.39 is 0 Å². The van der Waals surface area contributed by atoms with Gasteiger partial charge in [-0.05, 0) is 32.0 Å². The Balaban J connectivity index is 1.93. The number of carbonyl (C=O) groups is 1. The Bertz CT molecular complexity index is 523. The van der Waals surface area contributed by atoms with Gasteiger partial charge >= 0.3 is 0 Å². The second-order valence-electron chi connectivity index (χ2n) is 6.50. The molecule has 2 saturated heterocycles. The van der Waals surface area contributed by atoms with Crippen LogP contribution in [0.15, 0.2) is 18.2 Å². The third-order valence-electron chi connectivity index (χ3n) is 4.61. The lowest BCUT2D eigenvalue weighted by Crippen LogP contribution is -2.46. The highest BCUT2D eigenvalue weighted by Crippen LogP contribution is 2.23. The summed E-state index contributed by atoms with van der Waals surface area (Å²) in [6.07, 6.45) is 0. The quantitative estimate of drug-likeness (QED) is 0.788. The summed E-state index contributed by atoms with van der Waals surface area (Å²) < 4.78 is 5.77. The largest absolute Gasteiger partial charge is 0.379 e. The minimum Gasteiger partial charge on any atom is -0.379 e. The molecule has 0 radical (unpaired) electrons. The molecule has 2 heterocycles. The van der Waals surface area contributed by atoms with Crippen LogP contribution in [0.5, 0.6) is 0 Å². The Labute approximate surface area is 126 Å². The van der Waals surface area contributed by atoms with Crippen molar-refractivity contribution in [1.29, 1.82) is 0 Å². The zero-order chi connectivity index (χ0) is 15.0. The highest BCUT2D eigenvalue weighted by Gasteiger charge is 2.35. The predicted molar refractivity (Wildman–Crippen MR) is 82.5 cm³/mol. The lowest BCUT2D eigenvalue weighted by molar-refractivity contribution is 0.0482. The van der Waals surface area contributed by atoms with Crippen LogP contribution in [0.4, 0.5) is 0 Å². The molecule has 114 valence electrons. The fraction of sp³-hybridized carbons (Fsp3) is 0.588. The minimum atomic E-state index is 0.161. The lowest BCUT2D eigenvalue weighted by atomic mass is 10.0. The number of likely N-dealkylation sites (N-methyl/N-ethyl adjacent to an activating group) is 1. The van der Waals surface area contributed by atoms with E-state index in [-0.39, 0.29) is 11.9 Å². The van der Waals surface area contributed by atoms with Gasteiger partial charge in [-0.25, -0.2) is 0 Å². The molecule has 0 spiro atoms. The fourth-order valence-electron chi connectivity index (χ4n) is 3.62. The van der Waals surface area contributed by atoms with Crippen LogP contribution in [0.2, 0.25) is 0 Å². The van der Waals surface area contributed by atoms with Gasteiger partial charge in [-0.2, -0.15) is 0 Å². The van der Waals surface area contributed by atoms with E-state index in [9.17, 15) is 4.79 Å². The summed E-state index contributed by atoms with van der Waals surface area (Å²) in [5.41, 5.74) is 2.99. The first-order valence-corrected chi connectivity index (χ1v) is 7.69. The fourth-order valence-corrected chi connectivity index (χ4v) is 3.62. The molecule has 0 saturated carbocycles. The number of hydrogen-bond acceptors (Lipinski definition) is 3. The standard InChI is InChI=1S/C17H24N2O2/c1-12-5-4-6-13(2)16(12)17(20)19-8-14-7-18(3)9-15(19)11-21-10-14/h4-6,14-15H,7-11H2,1-3H3/t14-,15-/m0/s1. The summed E-state index contributed by atoms with van der Waals surface area (Å²) in [5, 5.41) is 0. The molecule has 21 heavy (non-hydrogen) atoms. The Hall–Kier alpha value is -1.39. The molecule has 0 aliphatic carbocycles. The Kier molecular flexibility index (Phi) is 4.00. The number of carbonyl (C=O) groups excluding carboxylic acids is 1. The minimum absolute atomic E-state index is 0.161. The van der Waals surface area contributed by atoms with E-state index in [2.05, 4.69) is 16.8 Å². The summed E-state index contributed by atoms with van der Waals surface area (Å²) >= 11 is 0. The number of amides is 1. The molecule has 2 bridgehead atoms. The van der Waals surface area contributed by atoms with Gasteiger partial charge in [0.05, 0.1) is 19.3 Å². The van der Waals surface area contributed by atoms with Gasteiger partial charge in [-0.3, -0.25) is 4.79 Å². The van der Waals surface area contributed by atoms with Gasteiger partial charge in [-0.1, -0.05) is 18.2 Å². The highest BCUT2D eigenvalue weighted by atomic mass is 16.5. The molecule has 3 rings (SSSR count). The van der Waals surface area contributed by atoms with Crippen LogP contribution >= 0.6 is 0 Å². The van der Waals surface area contributed by atoms with E-state index >= 15 is 0 Å². The first-order chi connectivity index (χ1) is 10.1. The van der Waals surface area contributed by atoms with Gasteiger partial charge in [0.2, 0.25) is 0 Å². The van der Waals surface area contributed by atoms with E-state index in [0.29, 0.717) is 12.5 Å². The van der Waals surface area contributed by atoms with E-state index in [1.165, 1.54) is 0 Å². The molecule has 2 fully saturated rings. The summed E-state index contributed by atoms with van der Waals surface area (Å²) in [6.45, 7) is 8.16. The second kappa shape index (κ2) is 5.78. The van der Waals surface area contributed by atoms with Crippen LogP contribution in [0.1, 0.15) is 21.5 Å². The van der Waals surface area contributed by atoms with E-state index in [4.69, 9.17) is 4.74 Å². The number of fused-ring (bicyclic) bond motifs is 3. The Morgan fingerprint density at radius 1 is 1.14 bits per heavy atom. The molecule has 1 aromatic rings. The normalized spacial score (nSPS) is 26.5. The molecule has 4 heteroatoms. The van der Waals surface area contributed by atoms with Gasteiger partial charge in [0.1, 0.15) is 0 Å². The van der Waals surface area contributed by atoms with E-state index in [0.717, 1.165) is 42.9 Å². The van der Waals surface area contributed by atoms with Crippen LogP contribution in [0, 0.1) is 19.8 Å². The molecule has 2 aliphatic rings. The first-order valence-electron chi connectivity index (χ1n) is 7.69. The first kappa shape index (κ1) is 14.5. The summed E-state index contributed by atoms with van der Waals surface area (Å²) in [6, 6.07) is 6.22. The predicted octanol–water partition coefficient (Wildman–Crippen LogP) is 1.71. The zero-order valence-corrected chi connectivity index (χ0v) is 13.1. The van der Waals surface area contributed by atoms with Crippen molar-refractivity contribution in [2.75, 3.05) is 39.9 Å². The maximum Gasteiger partial charge on any atom is 0.254 e. The Morgan fingerprint density at radius 2 is 1.86 bits per heavy atom. The number of rotatable bonds is 1. The smallest absolute Gasteiger partial charge is 0.254 e. The molecule has 4 nitrogen and oxygen atoms in total. The maximum atomic E-state index is 13.1. The molecule has 0 N–H and O–H groups in total. The average Bonchev–Trinajstić information content (AvgIpc) is 2.68. The van der Waals surface area contributed by atoms with Crippen LogP contribution in [-0.2, 0) is 4.74 Å². The molecular weight excluding hydrogens is 264 g/mol. The van der Waals surface area contributed by atoms with Crippen molar-refractivity contribution in [3.63, 3.8) is 0 Å². The number of nitrogens with zero attached hydrogens (tertiary/aromatic N) is 2. The van der Waals surface area contributed by atoms with Crippen molar-refractivity contribution in [2.45, 2.75) is 19.9 Å². The van der Waals surface area contributed by atoms with Crippen molar-refractivity contribution in [3.05, 3.63) is 34.9 Å². The van der Waals surface area contributed by atoms with Crippen molar-refractivity contribution >= 4 is 5.91 Å². The maximum absolute atomic E-state index is 13.1. The van der Waals surface area contributed by atoms with Gasteiger partial charge < -0.3 is 14.5 Å². The molecule has 0 aromatic heterocycles. The van der Waals surface area contributed by atoms with Crippen LogP contribution < -0.4 is 0 Å². The molecule has 1 amide bonds. The monoisotopic (exact) mass is 288 g/mol. The van der Waals surface area contributed by atoms with Crippen LogP contribution in [0.3, 0.4) is 0 Å². The van der Waals surface area contributed by atoms with Crippen LogP contribution in [0.25, 0.3) is 0 Å². The van der Waals surface area contributed by atoms with E-state index in [1.807, 2.05) is 32.0 Å². The number of ether oxygens (including phenoxy) is 1.